The lowest BCUT2D eigenvalue weighted by Crippen LogP contribution is -2.14. The molecule has 20 heavy (non-hydrogen) atoms. The highest BCUT2D eigenvalue weighted by Crippen LogP contribution is 2.19. The maximum Gasteiger partial charge on any atom is 0.119 e. The largest absolute Gasteiger partial charge is 0.497 e. The Balaban J connectivity index is 1.99. The number of benzene rings is 1. The molecule has 4 nitrogen and oxygen atoms in total. The molecule has 1 aromatic rings. The van der Waals surface area contributed by atoms with E-state index in [1.165, 1.54) is 0 Å². The van der Waals surface area contributed by atoms with Gasteiger partial charge in [0, 0.05) is 12.2 Å². The van der Waals surface area contributed by atoms with E-state index in [0.717, 1.165) is 36.3 Å². The summed E-state index contributed by atoms with van der Waals surface area (Å²) in [5.74, 6) is 6.36. The monoisotopic (exact) mass is 276 g/mol. The van der Waals surface area contributed by atoms with Gasteiger partial charge in [0.25, 0.3) is 0 Å². The second-order valence-corrected chi connectivity index (χ2v) is 4.63. The van der Waals surface area contributed by atoms with Gasteiger partial charge in [0.1, 0.15) is 12.4 Å². The van der Waals surface area contributed by atoms with Gasteiger partial charge >= 0.3 is 0 Å². The minimum absolute atomic E-state index is 0.151. The van der Waals surface area contributed by atoms with E-state index in [9.17, 15) is 0 Å². The molecule has 0 amide bonds. The van der Waals surface area contributed by atoms with Gasteiger partial charge < -0.3 is 19.3 Å². The molecule has 108 valence electrons. The molecule has 0 spiro atoms. The fourth-order valence-corrected chi connectivity index (χ4v) is 2.15. The quantitative estimate of drug-likeness (QED) is 0.832. The molecule has 4 heteroatoms. The van der Waals surface area contributed by atoms with Crippen molar-refractivity contribution in [3.05, 3.63) is 29.3 Å². The Morgan fingerprint density at radius 3 is 3.05 bits per heavy atom. The average molecular weight is 276 g/mol. The molecule has 1 atom stereocenters. The molecular weight excluding hydrogens is 256 g/mol. The smallest absolute Gasteiger partial charge is 0.119 e. The maximum absolute atomic E-state index is 8.79. The number of aliphatic hydroxyl groups is 1. The molecule has 1 saturated heterocycles. The summed E-state index contributed by atoms with van der Waals surface area (Å²) in [7, 11) is 1.63. The van der Waals surface area contributed by atoms with E-state index in [2.05, 4.69) is 11.8 Å². The van der Waals surface area contributed by atoms with E-state index < -0.39 is 0 Å². The third-order valence-corrected chi connectivity index (χ3v) is 3.20. The van der Waals surface area contributed by atoms with Gasteiger partial charge in [0.15, 0.2) is 0 Å². The van der Waals surface area contributed by atoms with Gasteiger partial charge in [-0.25, -0.2) is 0 Å². The summed E-state index contributed by atoms with van der Waals surface area (Å²) in [5.41, 5.74) is 1.82. The summed E-state index contributed by atoms with van der Waals surface area (Å²) in [6, 6.07) is 5.65. The third kappa shape index (κ3) is 4.24. The molecule has 0 radical (unpaired) electrons. The first-order chi connectivity index (χ1) is 9.83. The zero-order valence-corrected chi connectivity index (χ0v) is 11.7. The van der Waals surface area contributed by atoms with Crippen molar-refractivity contribution in [2.75, 3.05) is 26.9 Å². The summed E-state index contributed by atoms with van der Waals surface area (Å²) >= 11 is 0. The summed E-state index contributed by atoms with van der Waals surface area (Å²) in [6.45, 7) is 1.75. The van der Waals surface area contributed by atoms with Crippen LogP contribution in [-0.2, 0) is 16.1 Å². The summed E-state index contributed by atoms with van der Waals surface area (Å²) in [5, 5.41) is 8.79. The molecule has 1 aliphatic heterocycles. The molecule has 2 rings (SSSR count). The predicted molar refractivity (Wildman–Crippen MR) is 75.6 cm³/mol. The van der Waals surface area contributed by atoms with Crippen LogP contribution in [0.1, 0.15) is 24.0 Å². The minimum atomic E-state index is -0.151. The van der Waals surface area contributed by atoms with Crippen LogP contribution in [0.2, 0.25) is 0 Å². The first-order valence-corrected chi connectivity index (χ1v) is 6.79. The lowest BCUT2D eigenvalue weighted by Gasteiger charge is -2.12. The van der Waals surface area contributed by atoms with Crippen molar-refractivity contribution in [1.82, 2.24) is 0 Å². The lowest BCUT2D eigenvalue weighted by atomic mass is 10.1. The molecule has 1 fully saturated rings. The topological polar surface area (TPSA) is 47.9 Å². The van der Waals surface area contributed by atoms with Crippen molar-refractivity contribution in [1.29, 1.82) is 0 Å². The van der Waals surface area contributed by atoms with Crippen molar-refractivity contribution >= 4 is 0 Å². The fourth-order valence-electron chi connectivity index (χ4n) is 2.15. The van der Waals surface area contributed by atoms with E-state index in [-0.39, 0.29) is 12.7 Å². The maximum atomic E-state index is 8.79. The van der Waals surface area contributed by atoms with Gasteiger partial charge in [0.05, 0.1) is 26.4 Å². The van der Waals surface area contributed by atoms with Gasteiger partial charge in [-0.2, -0.15) is 0 Å². The van der Waals surface area contributed by atoms with Crippen molar-refractivity contribution in [3.63, 3.8) is 0 Å². The Morgan fingerprint density at radius 2 is 2.35 bits per heavy atom. The van der Waals surface area contributed by atoms with Crippen LogP contribution in [0, 0.1) is 11.8 Å². The third-order valence-electron chi connectivity index (χ3n) is 3.20. The summed E-state index contributed by atoms with van der Waals surface area (Å²) in [6.07, 6.45) is 2.39. The standard InChI is InChI=1S/C16H20O4/c1-18-15-7-6-13(4-2-8-17)14(10-15)11-19-12-16-5-3-9-20-16/h6-7,10,16-17H,3,5,8-9,11-12H2,1H3. The Bertz CT molecular complexity index is 481. The summed E-state index contributed by atoms with van der Waals surface area (Å²) < 4.78 is 16.4. The normalized spacial score (nSPS) is 17.6. The Labute approximate surface area is 119 Å². The Hall–Kier alpha value is -1.54. The SMILES string of the molecule is COc1ccc(C#CCO)c(COCC2CCCO2)c1. The zero-order valence-electron chi connectivity index (χ0n) is 11.7. The molecule has 1 aromatic carbocycles. The average Bonchev–Trinajstić information content (AvgIpc) is 2.99. The molecule has 0 saturated carbocycles. The van der Waals surface area contributed by atoms with E-state index in [0.29, 0.717) is 13.2 Å². The van der Waals surface area contributed by atoms with Gasteiger partial charge in [0.2, 0.25) is 0 Å². The number of hydrogen-bond donors (Lipinski definition) is 1. The molecule has 1 N–H and O–H groups in total. The molecule has 0 aromatic heterocycles. The zero-order chi connectivity index (χ0) is 14.2. The molecule has 0 bridgehead atoms. The molecule has 1 unspecified atom stereocenters. The first-order valence-electron chi connectivity index (χ1n) is 6.79. The predicted octanol–water partition coefficient (Wildman–Crippen LogP) is 1.73. The van der Waals surface area contributed by atoms with E-state index in [1.54, 1.807) is 7.11 Å². The van der Waals surface area contributed by atoms with E-state index in [4.69, 9.17) is 19.3 Å². The fraction of sp³-hybridized carbons (Fsp3) is 0.500. The van der Waals surface area contributed by atoms with Crippen LogP contribution in [0.5, 0.6) is 5.75 Å². The first kappa shape index (κ1) is 14.9. The minimum Gasteiger partial charge on any atom is -0.497 e. The van der Waals surface area contributed by atoms with Crippen LogP contribution < -0.4 is 4.74 Å². The van der Waals surface area contributed by atoms with Crippen LogP contribution in [0.4, 0.5) is 0 Å². The van der Waals surface area contributed by atoms with Gasteiger partial charge in [-0.1, -0.05) is 11.8 Å². The van der Waals surface area contributed by atoms with Gasteiger partial charge in [-0.15, -0.1) is 0 Å². The van der Waals surface area contributed by atoms with Crippen LogP contribution in [0.3, 0.4) is 0 Å². The Kier molecular flexibility index (Phi) is 5.87. The van der Waals surface area contributed by atoms with E-state index >= 15 is 0 Å². The van der Waals surface area contributed by atoms with Crippen LogP contribution >= 0.6 is 0 Å². The number of aliphatic hydroxyl groups excluding tert-OH is 1. The highest BCUT2D eigenvalue weighted by molar-refractivity contribution is 5.45. The summed E-state index contributed by atoms with van der Waals surface area (Å²) in [4.78, 5) is 0. The Morgan fingerprint density at radius 1 is 1.45 bits per heavy atom. The number of ether oxygens (including phenoxy) is 3. The van der Waals surface area contributed by atoms with E-state index in [1.807, 2.05) is 18.2 Å². The van der Waals surface area contributed by atoms with Crippen molar-refractivity contribution in [2.24, 2.45) is 0 Å². The number of hydrogen-bond acceptors (Lipinski definition) is 4. The van der Waals surface area contributed by atoms with Gasteiger partial charge in [-0.3, -0.25) is 0 Å². The van der Waals surface area contributed by atoms with Crippen molar-refractivity contribution in [3.8, 4) is 17.6 Å². The van der Waals surface area contributed by atoms with Crippen LogP contribution in [0.15, 0.2) is 18.2 Å². The molecular formula is C16H20O4. The highest BCUT2D eigenvalue weighted by Gasteiger charge is 2.15. The second kappa shape index (κ2) is 7.91. The highest BCUT2D eigenvalue weighted by atomic mass is 16.5. The molecule has 1 heterocycles. The van der Waals surface area contributed by atoms with Crippen LogP contribution in [-0.4, -0.2) is 38.1 Å². The lowest BCUT2D eigenvalue weighted by molar-refractivity contribution is 0.0105. The van der Waals surface area contributed by atoms with Gasteiger partial charge in [-0.05, 0) is 36.6 Å². The number of rotatable bonds is 5. The van der Waals surface area contributed by atoms with Crippen molar-refractivity contribution in [2.45, 2.75) is 25.6 Å². The molecule has 0 aliphatic carbocycles. The second-order valence-electron chi connectivity index (χ2n) is 4.63. The van der Waals surface area contributed by atoms with Crippen LogP contribution in [0.25, 0.3) is 0 Å². The van der Waals surface area contributed by atoms with Crippen molar-refractivity contribution < 1.29 is 19.3 Å². The molecule has 1 aliphatic rings. The number of methoxy groups -OCH3 is 1.